The summed E-state index contributed by atoms with van der Waals surface area (Å²) >= 11 is 0. The molecule has 308 valence electrons. The first-order valence-electron chi connectivity index (χ1n) is 21.3. The Labute approximate surface area is 341 Å². The summed E-state index contributed by atoms with van der Waals surface area (Å²) in [6.07, 6.45) is 7.14. The van der Waals surface area contributed by atoms with E-state index >= 15 is 0 Å². The van der Waals surface area contributed by atoms with Gasteiger partial charge in [0.2, 0.25) is 17.8 Å². The number of piperazine rings is 1. The van der Waals surface area contributed by atoms with E-state index in [2.05, 4.69) is 37.1 Å². The van der Waals surface area contributed by atoms with Crippen LogP contribution < -0.4 is 19.9 Å². The third-order valence-electron chi connectivity index (χ3n) is 14.6. The predicted molar refractivity (Wildman–Crippen MR) is 216 cm³/mol. The molecule has 2 aromatic carbocycles. The normalized spacial score (nSPS) is 27.1. The number of alkyl halides is 2. The van der Waals surface area contributed by atoms with Gasteiger partial charge < -0.3 is 24.4 Å². The molecular weight excluding hydrogens is 757 g/mol. The number of H-pyrrole nitrogens is 1. The molecule has 0 bridgehead atoms. The third kappa shape index (κ3) is 6.17. The lowest BCUT2D eigenvalue weighted by molar-refractivity contribution is -0.136. The van der Waals surface area contributed by atoms with Gasteiger partial charge in [0.05, 0.1) is 24.3 Å². The molecule has 13 nitrogen and oxygen atoms in total. The molecule has 2 aromatic heterocycles. The van der Waals surface area contributed by atoms with Crippen molar-refractivity contribution in [2.24, 2.45) is 5.41 Å². The van der Waals surface area contributed by atoms with Crippen LogP contribution in [0.2, 0.25) is 0 Å². The first-order valence-corrected chi connectivity index (χ1v) is 21.3. The second kappa shape index (κ2) is 14.0. The monoisotopic (exact) mass is 805 g/mol. The van der Waals surface area contributed by atoms with E-state index in [-0.39, 0.29) is 48.3 Å². The van der Waals surface area contributed by atoms with E-state index in [4.69, 9.17) is 14.7 Å². The van der Waals surface area contributed by atoms with E-state index in [0.29, 0.717) is 43.5 Å². The van der Waals surface area contributed by atoms with Crippen molar-refractivity contribution in [2.45, 2.75) is 95.0 Å². The molecule has 3 amide bonds. The fourth-order valence-electron chi connectivity index (χ4n) is 11.5. The van der Waals surface area contributed by atoms with Gasteiger partial charge in [0.1, 0.15) is 18.4 Å². The lowest BCUT2D eigenvalue weighted by Crippen LogP contribution is -2.62. The maximum Gasteiger partial charge on any atom is 0.255 e. The number of carbonyl (C=O) groups excluding carboxylic acids is 3. The fourth-order valence-corrected chi connectivity index (χ4v) is 11.5. The second-order valence-electron chi connectivity index (χ2n) is 18.0. The fraction of sp³-hybridized carbons (Fsp3) is 0.523. The minimum atomic E-state index is -2.44. The summed E-state index contributed by atoms with van der Waals surface area (Å²) in [7, 11) is 0. The first kappa shape index (κ1) is 36.9. The van der Waals surface area contributed by atoms with Crippen LogP contribution in [0.3, 0.4) is 0 Å². The van der Waals surface area contributed by atoms with E-state index in [1.807, 2.05) is 48.5 Å². The van der Waals surface area contributed by atoms with Crippen LogP contribution in [-0.4, -0.2) is 124 Å². The first-order chi connectivity index (χ1) is 28.6. The predicted octanol–water partition coefficient (Wildman–Crippen LogP) is 4.65. The summed E-state index contributed by atoms with van der Waals surface area (Å²) in [6.45, 7) is 7.27. The number of fused-ring (bicyclic) bond motifs is 7. The van der Waals surface area contributed by atoms with Gasteiger partial charge in [0.25, 0.3) is 12.3 Å². The van der Waals surface area contributed by atoms with Crippen molar-refractivity contribution in [1.29, 1.82) is 0 Å². The van der Waals surface area contributed by atoms with E-state index in [1.54, 1.807) is 4.90 Å². The van der Waals surface area contributed by atoms with Crippen LogP contribution in [0.5, 0.6) is 5.75 Å². The topological polar surface area (TPSA) is 130 Å². The summed E-state index contributed by atoms with van der Waals surface area (Å²) in [4.78, 5) is 61.8. The number of nitrogens with zero attached hydrogens (tertiary/aromatic N) is 7. The van der Waals surface area contributed by atoms with Gasteiger partial charge in [-0.05, 0) is 74.8 Å². The van der Waals surface area contributed by atoms with Crippen LogP contribution in [0.15, 0.2) is 48.8 Å². The van der Waals surface area contributed by atoms with E-state index < -0.39 is 18.4 Å². The highest BCUT2D eigenvalue weighted by Crippen LogP contribution is 2.48. The van der Waals surface area contributed by atoms with E-state index in [9.17, 15) is 23.2 Å². The van der Waals surface area contributed by atoms with Gasteiger partial charge in [0.15, 0.2) is 0 Å². The number of amides is 3. The Morgan fingerprint density at radius 3 is 2.56 bits per heavy atom. The molecule has 4 fully saturated rings. The van der Waals surface area contributed by atoms with Crippen molar-refractivity contribution in [3.63, 3.8) is 0 Å². The van der Waals surface area contributed by atoms with Crippen molar-refractivity contribution >= 4 is 40.3 Å². The van der Waals surface area contributed by atoms with Gasteiger partial charge in [-0.3, -0.25) is 29.5 Å². The summed E-state index contributed by atoms with van der Waals surface area (Å²) in [6, 6.07) is 11.8. The second-order valence-corrected chi connectivity index (χ2v) is 18.0. The highest BCUT2D eigenvalue weighted by molar-refractivity contribution is 6.06. The van der Waals surface area contributed by atoms with Crippen LogP contribution in [0.25, 0.3) is 10.9 Å². The molecule has 11 rings (SSSR count). The summed E-state index contributed by atoms with van der Waals surface area (Å²) in [5.74, 6) is 0.552. The molecule has 1 saturated carbocycles. The van der Waals surface area contributed by atoms with Crippen molar-refractivity contribution < 1.29 is 27.9 Å². The minimum absolute atomic E-state index is 0.0575. The lowest BCUT2D eigenvalue weighted by atomic mass is 9.67. The van der Waals surface area contributed by atoms with Gasteiger partial charge in [-0.25, -0.2) is 18.7 Å². The Morgan fingerprint density at radius 2 is 1.78 bits per heavy atom. The summed E-state index contributed by atoms with van der Waals surface area (Å²) in [5, 5.41) is 3.53. The number of aromatic amines is 1. The Kier molecular flexibility index (Phi) is 8.74. The number of halogens is 2. The average Bonchev–Trinajstić information content (AvgIpc) is 3.75. The number of ether oxygens (including phenoxy) is 1. The molecule has 15 heteroatoms. The zero-order valence-electron chi connectivity index (χ0n) is 33.2. The smallest absolute Gasteiger partial charge is 0.255 e. The zero-order valence-corrected chi connectivity index (χ0v) is 33.2. The van der Waals surface area contributed by atoms with Gasteiger partial charge in [0, 0.05) is 103 Å². The molecule has 2 N–H and O–H groups in total. The van der Waals surface area contributed by atoms with Crippen molar-refractivity contribution in [1.82, 2.24) is 35.0 Å². The molecule has 1 aliphatic carbocycles. The molecule has 1 spiro atoms. The van der Waals surface area contributed by atoms with Crippen molar-refractivity contribution in [2.75, 3.05) is 55.7 Å². The number of hydrogen-bond acceptors (Lipinski definition) is 10. The van der Waals surface area contributed by atoms with Crippen molar-refractivity contribution in [3.05, 3.63) is 76.7 Å². The maximum absolute atomic E-state index is 13.9. The number of hydrogen-bond donors (Lipinski definition) is 2. The number of anilines is 2. The highest BCUT2D eigenvalue weighted by Gasteiger charge is 2.48. The Bertz CT molecular complexity index is 2340. The Hall–Kier alpha value is -5.15. The molecule has 1 unspecified atom stereocenters. The number of para-hydroxylation sites is 1. The molecule has 4 aromatic rings. The third-order valence-corrected chi connectivity index (χ3v) is 14.6. The molecule has 4 atom stereocenters. The molecule has 3 saturated heterocycles. The van der Waals surface area contributed by atoms with Gasteiger partial charge in [-0.2, -0.15) is 0 Å². The number of carbonyl (C=O) groups is 3. The van der Waals surface area contributed by atoms with Gasteiger partial charge >= 0.3 is 0 Å². The highest BCUT2D eigenvalue weighted by atomic mass is 19.3. The SMILES string of the molecule is C[C@@H]1Cc2c([nH]c3ccccc23)[C@@H](c2cnc(N3CC4(CCC(N5CCN6c7cc8c(cc7OC[C@@H]6C5)C(=O)N(C5CCC(=O)NC5=O)C8)CC4)C3)nc2)N1CC(F)F. The van der Waals surface area contributed by atoms with Crippen molar-refractivity contribution in [3.8, 4) is 5.75 Å². The minimum Gasteiger partial charge on any atom is -0.489 e. The summed E-state index contributed by atoms with van der Waals surface area (Å²) < 4.78 is 34.1. The van der Waals surface area contributed by atoms with Crippen LogP contribution in [0, 0.1) is 5.41 Å². The van der Waals surface area contributed by atoms with E-state index in [0.717, 1.165) is 97.6 Å². The number of rotatable bonds is 6. The van der Waals surface area contributed by atoms with Crippen LogP contribution in [-0.2, 0) is 22.6 Å². The number of imide groups is 1. The summed E-state index contributed by atoms with van der Waals surface area (Å²) in [5.41, 5.74) is 6.76. The molecule has 7 aliphatic rings. The molecule has 59 heavy (non-hydrogen) atoms. The largest absolute Gasteiger partial charge is 0.489 e. The quantitative estimate of drug-likeness (QED) is 0.266. The molecular formula is C44H49F2N9O4. The van der Waals surface area contributed by atoms with Gasteiger partial charge in [-0.1, -0.05) is 18.2 Å². The average molecular weight is 806 g/mol. The lowest BCUT2D eigenvalue weighted by Gasteiger charge is -2.55. The molecule has 6 aliphatic heterocycles. The van der Waals surface area contributed by atoms with Gasteiger partial charge in [-0.15, -0.1) is 0 Å². The molecule has 0 radical (unpaired) electrons. The number of nitrogens with one attached hydrogen (secondary N) is 2. The number of aromatic nitrogens is 3. The van der Waals surface area contributed by atoms with Crippen LogP contribution in [0.1, 0.15) is 84.2 Å². The Balaban J connectivity index is 0.713. The number of benzene rings is 2. The van der Waals surface area contributed by atoms with Crippen LogP contribution >= 0.6 is 0 Å². The maximum atomic E-state index is 13.9. The molecule has 8 heterocycles. The van der Waals surface area contributed by atoms with Crippen LogP contribution in [0.4, 0.5) is 20.4 Å². The Morgan fingerprint density at radius 1 is 0.983 bits per heavy atom. The van der Waals surface area contributed by atoms with E-state index in [1.165, 1.54) is 5.56 Å². The standard InChI is InChI=1S/C44H49F2N9O4/c1-25-14-32-30-4-2-3-5-33(30)49-39(32)40(54(25)21-37(45)46)27-17-47-43(48-18-27)52-23-44(24-52)10-8-28(9-11-44)51-12-13-53-29(20-51)22-59-36-16-31-26(15-35(36)53)19-55(42(31)58)34-6-7-38(56)50-41(34)57/h2-5,15-18,25,28-29,34,37,40,49H,6-14,19-24H2,1H3,(H,50,56,57)/t25-,29+,34?,40-/m1/s1. The zero-order chi connectivity index (χ0) is 40.2. The number of piperidine rings is 1.